The molecule has 1 aliphatic heterocycles. The van der Waals surface area contributed by atoms with E-state index >= 15 is 0 Å². The van der Waals surface area contributed by atoms with Crippen LogP contribution >= 0.6 is 0 Å². The largest absolute Gasteiger partial charge is 0.378 e. The summed E-state index contributed by atoms with van der Waals surface area (Å²) in [5.41, 5.74) is 0.513. The molecule has 0 saturated carbocycles. The van der Waals surface area contributed by atoms with Crippen molar-refractivity contribution in [2.75, 3.05) is 32.8 Å². The van der Waals surface area contributed by atoms with Gasteiger partial charge in [0.2, 0.25) is 0 Å². The summed E-state index contributed by atoms with van der Waals surface area (Å²) in [5, 5.41) is 3.63. The van der Waals surface area contributed by atoms with E-state index in [1.807, 2.05) is 0 Å². The molecule has 1 atom stereocenters. The quantitative estimate of drug-likeness (QED) is 0.818. The van der Waals surface area contributed by atoms with Crippen LogP contribution in [-0.2, 0) is 4.74 Å². The van der Waals surface area contributed by atoms with E-state index in [2.05, 4.69) is 51.8 Å². The van der Waals surface area contributed by atoms with Crippen molar-refractivity contribution in [3.63, 3.8) is 0 Å². The highest BCUT2D eigenvalue weighted by Crippen LogP contribution is 2.24. The SMILES string of the molecule is CCNC(CCN1CCOCC1(C)C)C(C)(C)C. The Bertz CT molecular complexity index is 241. The van der Waals surface area contributed by atoms with Crippen LogP contribution in [0.4, 0.5) is 0 Å². The third kappa shape index (κ3) is 4.52. The van der Waals surface area contributed by atoms with Gasteiger partial charge in [0.25, 0.3) is 0 Å². The maximum Gasteiger partial charge on any atom is 0.0645 e. The van der Waals surface area contributed by atoms with Crippen molar-refractivity contribution in [2.24, 2.45) is 5.41 Å². The van der Waals surface area contributed by atoms with Gasteiger partial charge in [0.15, 0.2) is 0 Å². The van der Waals surface area contributed by atoms with E-state index in [1.165, 1.54) is 6.42 Å². The van der Waals surface area contributed by atoms with Crippen molar-refractivity contribution < 1.29 is 4.74 Å². The van der Waals surface area contributed by atoms with E-state index in [0.717, 1.165) is 32.8 Å². The van der Waals surface area contributed by atoms with Crippen molar-refractivity contribution in [3.8, 4) is 0 Å². The number of hydrogen-bond acceptors (Lipinski definition) is 3. The monoisotopic (exact) mass is 256 g/mol. The van der Waals surface area contributed by atoms with Crippen LogP contribution < -0.4 is 5.32 Å². The van der Waals surface area contributed by atoms with Crippen LogP contribution in [0.15, 0.2) is 0 Å². The van der Waals surface area contributed by atoms with E-state index in [0.29, 0.717) is 11.5 Å². The maximum absolute atomic E-state index is 5.58. The Hall–Kier alpha value is -0.120. The lowest BCUT2D eigenvalue weighted by Gasteiger charge is -2.43. The van der Waals surface area contributed by atoms with Crippen LogP contribution in [0.1, 0.15) is 48.0 Å². The van der Waals surface area contributed by atoms with Crippen LogP contribution in [-0.4, -0.2) is 49.3 Å². The standard InChI is InChI=1S/C15H32N2O/c1-7-16-13(14(2,3)4)8-9-17-10-11-18-12-15(17,5)6/h13,16H,7-12H2,1-6H3. The van der Waals surface area contributed by atoms with Crippen molar-refractivity contribution in [1.82, 2.24) is 10.2 Å². The fraction of sp³-hybridized carbons (Fsp3) is 1.00. The number of nitrogens with one attached hydrogen (secondary N) is 1. The normalized spacial score (nSPS) is 23.0. The molecule has 0 aromatic rings. The summed E-state index contributed by atoms with van der Waals surface area (Å²) in [4.78, 5) is 2.58. The fourth-order valence-corrected chi connectivity index (χ4v) is 2.68. The van der Waals surface area contributed by atoms with Gasteiger partial charge in [0.05, 0.1) is 13.2 Å². The zero-order valence-electron chi connectivity index (χ0n) is 13.2. The molecule has 3 nitrogen and oxygen atoms in total. The van der Waals surface area contributed by atoms with Crippen LogP contribution in [0.5, 0.6) is 0 Å². The van der Waals surface area contributed by atoms with Crippen molar-refractivity contribution >= 4 is 0 Å². The molecule has 1 fully saturated rings. The van der Waals surface area contributed by atoms with Crippen molar-refractivity contribution in [2.45, 2.75) is 59.5 Å². The topological polar surface area (TPSA) is 24.5 Å². The van der Waals surface area contributed by atoms with Crippen LogP contribution in [0.2, 0.25) is 0 Å². The second-order valence-electron chi connectivity index (χ2n) is 7.12. The predicted octanol–water partition coefficient (Wildman–Crippen LogP) is 2.51. The van der Waals surface area contributed by atoms with E-state index in [4.69, 9.17) is 4.74 Å². The minimum atomic E-state index is 0.187. The molecule has 0 amide bonds. The molecule has 1 rings (SSSR count). The summed E-state index contributed by atoms with van der Waals surface area (Å²) in [6.45, 7) is 18.7. The fourth-order valence-electron chi connectivity index (χ4n) is 2.68. The predicted molar refractivity (Wildman–Crippen MR) is 78.0 cm³/mol. The molecule has 0 aliphatic carbocycles. The minimum absolute atomic E-state index is 0.187. The number of nitrogens with zero attached hydrogens (tertiary/aromatic N) is 1. The zero-order valence-corrected chi connectivity index (χ0v) is 13.2. The molecule has 1 saturated heterocycles. The Kier molecular flexibility index (Phi) is 5.63. The average Bonchev–Trinajstić information content (AvgIpc) is 2.23. The highest BCUT2D eigenvalue weighted by molar-refractivity contribution is 4.87. The third-order valence-corrected chi connectivity index (χ3v) is 4.00. The highest BCUT2D eigenvalue weighted by Gasteiger charge is 2.32. The van der Waals surface area contributed by atoms with Gasteiger partial charge < -0.3 is 10.1 Å². The molecule has 1 heterocycles. The van der Waals surface area contributed by atoms with Crippen LogP contribution in [0.3, 0.4) is 0 Å². The van der Waals surface area contributed by atoms with Gasteiger partial charge in [-0.3, -0.25) is 4.90 Å². The first kappa shape index (κ1) is 15.9. The first-order valence-corrected chi connectivity index (χ1v) is 7.33. The minimum Gasteiger partial charge on any atom is -0.378 e. The maximum atomic E-state index is 5.58. The summed E-state index contributed by atoms with van der Waals surface area (Å²) < 4.78 is 5.58. The molecular weight excluding hydrogens is 224 g/mol. The van der Waals surface area contributed by atoms with Gasteiger partial charge in [0, 0.05) is 24.7 Å². The first-order chi connectivity index (χ1) is 8.27. The smallest absolute Gasteiger partial charge is 0.0645 e. The molecular formula is C15H32N2O. The van der Waals surface area contributed by atoms with E-state index in [9.17, 15) is 0 Å². The van der Waals surface area contributed by atoms with E-state index in [1.54, 1.807) is 0 Å². The van der Waals surface area contributed by atoms with Crippen LogP contribution in [0.25, 0.3) is 0 Å². The molecule has 0 radical (unpaired) electrons. The molecule has 3 heteroatoms. The van der Waals surface area contributed by atoms with Crippen LogP contribution in [0, 0.1) is 5.41 Å². The number of rotatable bonds is 5. The molecule has 1 aliphatic rings. The summed E-state index contributed by atoms with van der Waals surface area (Å²) in [5.74, 6) is 0. The molecule has 0 spiro atoms. The number of ether oxygens (including phenoxy) is 1. The molecule has 0 aromatic carbocycles. The van der Waals surface area contributed by atoms with Gasteiger partial charge >= 0.3 is 0 Å². The van der Waals surface area contributed by atoms with Gasteiger partial charge in [-0.1, -0.05) is 27.7 Å². The number of hydrogen-bond donors (Lipinski definition) is 1. The Morgan fingerprint density at radius 2 is 2.00 bits per heavy atom. The molecule has 1 unspecified atom stereocenters. The summed E-state index contributed by atoms with van der Waals surface area (Å²) >= 11 is 0. The molecule has 108 valence electrons. The van der Waals surface area contributed by atoms with Gasteiger partial charge in [-0.2, -0.15) is 0 Å². The van der Waals surface area contributed by atoms with E-state index in [-0.39, 0.29) is 5.54 Å². The summed E-state index contributed by atoms with van der Waals surface area (Å²) in [6, 6.07) is 0.584. The van der Waals surface area contributed by atoms with Gasteiger partial charge in [-0.05, 0) is 32.2 Å². The highest BCUT2D eigenvalue weighted by atomic mass is 16.5. The second-order valence-corrected chi connectivity index (χ2v) is 7.12. The summed E-state index contributed by atoms with van der Waals surface area (Å²) in [6.07, 6.45) is 1.21. The zero-order chi connectivity index (χ0) is 13.8. The van der Waals surface area contributed by atoms with Gasteiger partial charge in [-0.25, -0.2) is 0 Å². The summed E-state index contributed by atoms with van der Waals surface area (Å²) in [7, 11) is 0. The molecule has 0 aromatic heterocycles. The molecule has 0 bridgehead atoms. The van der Waals surface area contributed by atoms with Gasteiger partial charge in [-0.15, -0.1) is 0 Å². The Labute approximate surface area is 113 Å². The van der Waals surface area contributed by atoms with Crippen molar-refractivity contribution in [3.05, 3.63) is 0 Å². The lowest BCUT2D eigenvalue weighted by atomic mass is 9.84. The lowest BCUT2D eigenvalue weighted by Crippen LogP contribution is -2.54. The van der Waals surface area contributed by atoms with Gasteiger partial charge in [0.1, 0.15) is 0 Å². The Balaban J connectivity index is 2.51. The average molecular weight is 256 g/mol. The second kappa shape index (κ2) is 6.36. The lowest BCUT2D eigenvalue weighted by molar-refractivity contribution is -0.0532. The molecule has 1 N–H and O–H groups in total. The van der Waals surface area contributed by atoms with Crippen molar-refractivity contribution in [1.29, 1.82) is 0 Å². The molecule has 18 heavy (non-hydrogen) atoms. The van der Waals surface area contributed by atoms with E-state index < -0.39 is 0 Å². The third-order valence-electron chi connectivity index (χ3n) is 4.00. The first-order valence-electron chi connectivity index (χ1n) is 7.33. The Morgan fingerprint density at radius 1 is 1.33 bits per heavy atom. The number of morpholine rings is 1. The Morgan fingerprint density at radius 3 is 2.50 bits per heavy atom.